The predicted molar refractivity (Wildman–Crippen MR) is 169 cm³/mol. The summed E-state index contributed by atoms with van der Waals surface area (Å²) in [6, 6.07) is 1.77. The zero-order valence-corrected chi connectivity index (χ0v) is 27.9. The molecule has 0 saturated carbocycles. The summed E-state index contributed by atoms with van der Waals surface area (Å²) < 4.78 is 107. The Hall–Kier alpha value is -3.76. The van der Waals surface area contributed by atoms with Gasteiger partial charge < -0.3 is 24.2 Å². The Kier molecular flexibility index (Phi) is 8.65. The van der Waals surface area contributed by atoms with Crippen LogP contribution >= 0.6 is 11.6 Å². The van der Waals surface area contributed by atoms with E-state index in [1.165, 1.54) is 12.0 Å². The average molecular weight is 730 g/mol. The Bertz CT molecular complexity index is 1850. The molecule has 50 heavy (non-hydrogen) atoms. The quantitative estimate of drug-likeness (QED) is 0.196. The molecule has 2 aromatic carbocycles. The highest BCUT2D eigenvalue weighted by Gasteiger charge is 2.52. The lowest BCUT2D eigenvalue weighted by atomic mass is 9.95. The van der Waals surface area contributed by atoms with E-state index < -0.39 is 74.4 Å². The smallest absolute Gasteiger partial charge is 0.418 e. The van der Waals surface area contributed by atoms with E-state index in [-0.39, 0.29) is 62.4 Å². The highest BCUT2D eigenvalue weighted by molar-refractivity contribution is 6.32. The Labute approximate surface area is 287 Å². The molecule has 1 amide bonds. The first-order valence-corrected chi connectivity index (χ1v) is 16.5. The number of amides is 1. The number of benzene rings is 2. The molecule has 5 heterocycles. The molecular weight excluding hydrogens is 696 g/mol. The van der Waals surface area contributed by atoms with Crippen molar-refractivity contribution >= 4 is 34.4 Å². The second kappa shape index (κ2) is 12.5. The molecule has 4 atom stereocenters. The third kappa shape index (κ3) is 5.82. The largest absolute Gasteiger partial charge is 0.467 e. The van der Waals surface area contributed by atoms with Crippen LogP contribution in [0.25, 0.3) is 22.0 Å². The topological polar surface area (TPSA) is 100 Å². The number of piperazine rings is 1. The van der Waals surface area contributed by atoms with Crippen molar-refractivity contribution < 1.29 is 50.5 Å². The molecule has 4 saturated heterocycles. The van der Waals surface area contributed by atoms with Crippen molar-refractivity contribution in [2.45, 2.75) is 68.5 Å². The molecule has 4 fully saturated rings. The van der Waals surface area contributed by atoms with Crippen LogP contribution in [0.3, 0.4) is 0 Å². The lowest BCUT2D eigenvalue weighted by molar-refractivity contribution is -0.137. The highest BCUT2D eigenvalue weighted by Crippen LogP contribution is 2.48. The average Bonchev–Trinajstić information content (AvgIpc) is 3.63. The van der Waals surface area contributed by atoms with Crippen molar-refractivity contribution in [1.29, 1.82) is 0 Å². The van der Waals surface area contributed by atoms with Gasteiger partial charge in [0.2, 0.25) is 0 Å². The van der Waals surface area contributed by atoms with Crippen molar-refractivity contribution in [3.05, 3.63) is 40.4 Å². The number of carboxylic acid groups (broad SMARTS) is 1. The maximum absolute atomic E-state index is 16.8. The van der Waals surface area contributed by atoms with Crippen LogP contribution in [-0.2, 0) is 10.9 Å². The number of nitrogens with zero attached hydrogens (tertiary/aromatic N) is 5. The van der Waals surface area contributed by atoms with Gasteiger partial charge in [0, 0.05) is 44.1 Å². The van der Waals surface area contributed by atoms with Gasteiger partial charge in [-0.1, -0.05) is 11.6 Å². The molecular formula is C33H34ClF6N5O5. The number of halogens is 7. The standard InChI is InChI=1S/C33H34ClF6N5O5/c1-31-6-4-18(45(31)30(46)47)13-43(14-31)28-21-10-23(36)24(20-8-19(50-16-48-2)9-22(34)25(20)33(38,39)40)26(37)27(21)41-29(42-28)49-15-32-5-3-7-44(32)12-17(35)11-32/h8-10,17-18H,3-7,11-16H2,1-2H3,(H,46,47)/t17-,18?,31?,32+/m1/s1. The maximum Gasteiger partial charge on any atom is 0.418 e. The lowest BCUT2D eigenvalue weighted by Gasteiger charge is -2.46. The van der Waals surface area contributed by atoms with Gasteiger partial charge in [0.1, 0.15) is 35.7 Å². The summed E-state index contributed by atoms with van der Waals surface area (Å²) in [5.74, 6) is -2.98. The monoisotopic (exact) mass is 729 g/mol. The number of carbonyl (C=O) groups is 1. The summed E-state index contributed by atoms with van der Waals surface area (Å²) >= 11 is 6.05. The van der Waals surface area contributed by atoms with Crippen LogP contribution in [0, 0.1) is 11.6 Å². The number of alkyl halides is 4. The van der Waals surface area contributed by atoms with Crippen LogP contribution in [0.15, 0.2) is 18.2 Å². The highest BCUT2D eigenvalue weighted by atomic mass is 35.5. The number of methoxy groups -OCH3 is 1. The first-order valence-electron chi connectivity index (χ1n) is 16.2. The number of anilines is 1. The fraction of sp³-hybridized carbons (Fsp3) is 0.545. The van der Waals surface area contributed by atoms with E-state index in [2.05, 4.69) is 9.97 Å². The van der Waals surface area contributed by atoms with Gasteiger partial charge in [0.15, 0.2) is 12.6 Å². The summed E-state index contributed by atoms with van der Waals surface area (Å²) in [5, 5.41) is 8.92. The van der Waals surface area contributed by atoms with Gasteiger partial charge in [-0.3, -0.25) is 9.80 Å². The van der Waals surface area contributed by atoms with E-state index in [0.717, 1.165) is 24.6 Å². The summed E-state index contributed by atoms with van der Waals surface area (Å²) in [5.41, 5.74) is -5.47. The molecule has 4 aliphatic rings. The zero-order valence-electron chi connectivity index (χ0n) is 27.1. The number of hydrogen-bond donors (Lipinski definition) is 1. The number of rotatable bonds is 8. The fourth-order valence-electron chi connectivity index (χ4n) is 8.41. The van der Waals surface area contributed by atoms with E-state index in [0.29, 0.717) is 25.8 Å². The summed E-state index contributed by atoms with van der Waals surface area (Å²) in [4.78, 5) is 26.1. The first kappa shape index (κ1) is 34.7. The van der Waals surface area contributed by atoms with Gasteiger partial charge in [-0.25, -0.2) is 18.0 Å². The molecule has 2 unspecified atom stereocenters. The molecule has 0 radical (unpaired) electrons. The Balaban J connectivity index is 1.39. The van der Waals surface area contributed by atoms with Gasteiger partial charge >= 0.3 is 18.3 Å². The molecule has 10 nitrogen and oxygen atoms in total. The van der Waals surface area contributed by atoms with Gasteiger partial charge in [0.05, 0.1) is 33.3 Å². The second-order valence-corrected chi connectivity index (χ2v) is 14.1. The maximum atomic E-state index is 16.8. The lowest BCUT2D eigenvalue weighted by Crippen LogP contribution is -2.62. The van der Waals surface area contributed by atoms with Crippen molar-refractivity contribution in [3.8, 4) is 22.9 Å². The van der Waals surface area contributed by atoms with Crippen LogP contribution in [0.4, 0.5) is 37.0 Å². The molecule has 1 N–H and O–H groups in total. The molecule has 0 spiro atoms. The molecule has 4 aliphatic heterocycles. The number of ether oxygens (including phenoxy) is 3. The summed E-state index contributed by atoms with van der Waals surface area (Å²) in [6.07, 6.45) is -4.50. The van der Waals surface area contributed by atoms with E-state index >= 15 is 8.78 Å². The number of fused-ring (bicyclic) bond motifs is 4. The van der Waals surface area contributed by atoms with Crippen LogP contribution in [0.1, 0.15) is 44.6 Å². The van der Waals surface area contributed by atoms with Crippen LogP contribution < -0.4 is 14.4 Å². The van der Waals surface area contributed by atoms with Gasteiger partial charge in [-0.2, -0.15) is 23.1 Å². The van der Waals surface area contributed by atoms with E-state index in [1.807, 2.05) is 4.90 Å². The van der Waals surface area contributed by atoms with E-state index in [4.69, 9.17) is 25.8 Å². The number of aromatic nitrogens is 2. The normalized spacial score (nSPS) is 26.6. The van der Waals surface area contributed by atoms with Crippen LogP contribution in [-0.4, -0.2) is 101 Å². The molecule has 0 aliphatic carbocycles. The van der Waals surface area contributed by atoms with Gasteiger partial charge in [0.25, 0.3) is 0 Å². The molecule has 3 aromatic rings. The van der Waals surface area contributed by atoms with Crippen molar-refractivity contribution in [3.63, 3.8) is 0 Å². The third-order valence-electron chi connectivity index (χ3n) is 10.5. The van der Waals surface area contributed by atoms with Crippen molar-refractivity contribution in [2.75, 3.05) is 51.6 Å². The van der Waals surface area contributed by atoms with Crippen molar-refractivity contribution in [1.82, 2.24) is 19.8 Å². The summed E-state index contributed by atoms with van der Waals surface area (Å²) in [7, 11) is 1.28. The second-order valence-electron chi connectivity index (χ2n) is 13.7. The van der Waals surface area contributed by atoms with Crippen LogP contribution in [0.5, 0.6) is 11.8 Å². The molecule has 17 heteroatoms. The summed E-state index contributed by atoms with van der Waals surface area (Å²) in [6.45, 7) is 2.53. The molecule has 1 aromatic heterocycles. The van der Waals surface area contributed by atoms with Gasteiger partial charge in [-0.15, -0.1) is 0 Å². The fourth-order valence-corrected chi connectivity index (χ4v) is 8.73. The van der Waals surface area contributed by atoms with Crippen LogP contribution in [0.2, 0.25) is 5.02 Å². The Morgan fingerprint density at radius 1 is 1.14 bits per heavy atom. The minimum absolute atomic E-state index is 0.0272. The minimum atomic E-state index is -5.12. The Morgan fingerprint density at radius 2 is 1.92 bits per heavy atom. The number of hydrogen-bond acceptors (Lipinski definition) is 8. The van der Waals surface area contributed by atoms with Crippen molar-refractivity contribution in [2.24, 2.45) is 0 Å². The molecule has 270 valence electrons. The first-order chi connectivity index (χ1) is 23.6. The predicted octanol–water partition coefficient (Wildman–Crippen LogP) is 6.91. The Morgan fingerprint density at radius 3 is 2.62 bits per heavy atom. The van der Waals surface area contributed by atoms with Gasteiger partial charge in [-0.05, 0) is 57.4 Å². The SMILES string of the molecule is COCOc1cc(Cl)c(C(F)(F)F)c(-c2c(F)cc3c(N4CC5CCC(C)(C4)N5C(=O)O)nc(OC[C@@]45CCCN4C[C@H](F)C5)nc3c2F)c1. The minimum Gasteiger partial charge on any atom is -0.467 e. The molecule has 7 rings (SSSR count). The van der Waals surface area contributed by atoms with E-state index in [1.54, 1.807) is 11.8 Å². The zero-order chi connectivity index (χ0) is 35.7. The van der Waals surface area contributed by atoms with E-state index in [9.17, 15) is 27.5 Å². The molecule has 2 bridgehead atoms. The third-order valence-corrected chi connectivity index (χ3v) is 10.8.